The molecule has 5 aromatic rings. The van der Waals surface area contributed by atoms with E-state index in [1.807, 2.05) is 0 Å². The molecule has 4 aromatic carbocycles. The largest absolute Gasteiger partial charge is 0.223 e. The highest BCUT2D eigenvalue weighted by Gasteiger charge is 2.51. The number of thiazole rings is 1. The predicted molar refractivity (Wildman–Crippen MR) is 144 cm³/mol. The molecule has 0 N–H and O–H groups in total. The topological polar surface area (TPSA) is 12.9 Å². The zero-order valence-corrected chi connectivity index (χ0v) is 20.3. The number of nitrogens with zero attached hydrogens (tertiary/aromatic N) is 1. The van der Waals surface area contributed by atoms with E-state index in [-0.39, 0.29) is 0 Å². The first kappa shape index (κ1) is 21.2. The summed E-state index contributed by atoms with van der Waals surface area (Å²) in [5.41, 5.74) is 2.38. The highest BCUT2D eigenvalue weighted by molar-refractivity contribution is 8.05. The van der Waals surface area contributed by atoms with Crippen LogP contribution in [0.5, 0.6) is 0 Å². The fourth-order valence-corrected chi connectivity index (χ4v) is 10.9. The molecular weight excluding hydrogens is 445 g/mol. The fraction of sp³-hybridized carbons (Fsp3) is 0.0357. The van der Waals surface area contributed by atoms with Gasteiger partial charge in [0.15, 0.2) is 7.26 Å². The van der Waals surface area contributed by atoms with Crippen molar-refractivity contribution < 1.29 is 0 Å². The lowest BCUT2D eigenvalue weighted by atomic mass is 10.2. The summed E-state index contributed by atoms with van der Waals surface area (Å²) in [6.07, 6.45) is 2.17. The number of rotatable bonds is 6. The summed E-state index contributed by atoms with van der Waals surface area (Å²) >= 11 is 3.61. The van der Waals surface area contributed by atoms with Crippen LogP contribution in [0.3, 0.4) is 0 Å². The van der Waals surface area contributed by atoms with E-state index in [1.54, 1.807) is 23.1 Å². The van der Waals surface area contributed by atoms with Gasteiger partial charge in [-0.3, -0.25) is 0 Å². The lowest BCUT2D eigenvalue weighted by Gasteiger charge is -2.26. The maximum absolute atomic E-state index is 5.40. The minimum Gasteiger partial charge on any atom is -0.200 e. The Labute approximate surface area is 198 Å². The molecule has 0 aliphatic rings. The Kier molecular flexibility index (Phi) is 6.23. The van der Waals surface area contributed by atoms with Crippen molar-refractivity contribution in [1.29, 1.82) is 0 Å². The third-order valence-electron chi connectivity index (χ3n) is 5.53. The van der Waals surface area contributed by atoms with Crippen molar-refractivity contribution in [3.8, 4) is 10.6 Å². The van der Waals surface area contributed by atoms with Crippen LogP contribution in [0.2, 0.25) is 0 Å². The van der Waals surface area contributed by atoms with E-state index in [4.69, 9.17) is 4.98 Å². The average Bonchev–Trinajstić information content (AvgIpc) is 3.32. The molecule has 0 saturated carbocycles. The quantitative estimate of drug-likeness (QED) is 0.219. The second-order valence-electron chi connectivity index (χ2n) is 7.38. The van der Waals surface area contributed by atoms with Gasteiger partial charge in [-0.25, -0.2) is 0 Å². The van der Waals surface area contributed by atoms with E-state index in [0.29, 0.717) is 0 Å². The normalized spacial score (nSPS) is 11.4. The Morgan fingerprint density at radius 2 is 1.00 bits per heavy atom. The fourth-order valence-electron chi connectivity index (χ4n) is 4.12. The average molecular weight is 469 g/mol. The van der Waals surface area contributed by atoms with Crippen molar-refractivity contribution in [2.75, 3.05) is 6.26 Å². The molecule has 0 atom stereocenters. The summed E-state index contributed by atoms with van der Waals surface area (Å²) in [4.78, 5) is 5.40. The molecule has 0 saturated heterocycles. The van der Waals surface area contributed by atoms with Crippen molar-refractivity contribution >= 4 is 51.7 Å². The first-order chi connectivity index (χ1) is 15.8. The highest BCUT2D eigenvalue weighted by Crippen LogP contribution is 2.56. The standard InChI is InChI=1S/C28H23NPS2/c1-31-28-26(29-27(32-28)22-14-6-2-7-15-22)30(23-16-8-3-9-17-23,24-18-10-4-11-19-24)25-20-12-5-13-21-25/h2-21H,1H3/q+1. The summed E-state index contributed by atoms with van der Waals surface area (Å²) in [7, 11) is -2.18. The third kappa shape index (κ3) is 3.71. The molecule has 1 aromatic heterocycles. The van der Waals surface area contributed by atoms with Gasteiger partial charge in [-0.15, -0.1) is 23.1 Å². The SMILES string of the molecule is CSc1sc(-c2ccccc2)nc1[P+](c1ccccc1)(c1ccccc1)c1ccccc1. The summed E-state index contributed by atoms with van der Waals surface area (Å²) in [5.74, 6) is 0. The van der Waals surface area contributed by atoms with Crippen molar-refractivity contribution in [3.63, 3.8) is 0 Å². The van der Waals surface area contributed by atoms with Crippen LogP contribution in [-0.4, -0.2) is 11.2 Å². The summed E-state index contributed by atoms with van der Waals surface area (Å²) in [5, 5.41) is 5.07. The number of hydrogen-bond acceptors (Lipinski definition) is 3. The Morgan fingerprint density at radius 1 is 0.594 bits per heavy atom. The smallest absolute Gasteiger partial charge is 0.200 e. The van der Waals surface area contributed by atoms with Gasteiger partial charge >= 0.3 is 0 Å². The molecule has 0 spiro atoms. The monoisotopic (exact) mass is 468 g/mol. The molecule has 4 heteroatoms. The van der Waals surface area contributed by atoms with E-state index in [9.17, 15) is 0 Å². The zero-order valence-electron chi connectivity index (χ0n) is 17.8. The molecule has 5 rings (SSSR count). The van der Waals surface area contributed by atoms with Gasteiger partial charge in [0, 0.05) is 5.56 Å². The van der Waals surface area contributed by atoms with Crippen LogP contribution in [0.4, 0.5) is 0 Å². The van der Waals surface area contributed by atoms with Gasteiger partial charge < -0.3 is 0 Å². The number of benzene rings is 4. The number of thioether (sulfide) groups is 1. The van der Waals surface area contributed by atoms with E-state index < -0.39 is 7.26 Å². The van der Waals surface area contributed by atoms with E-state index in [1.165, 1.54) is 31.1 Å². The van der Waals surface area contributed by atoms with Crippen LogP contribution in [-0.2, 0) is 0 Å². The maximum Gasteiger partial charge on any atom is 0.223 e. The van der Waals surface area contributed by atoms with Crippen LogP contribution in [0, 0.1) is 0 Å². The maximum atomic E-state index is 5.40. The Bertz CT molecular complexity index is 1190. The first-order valence-electron chi connectivity index (χ1n) is 10.5. The molecule has 1 heterocycles. The lowest BCUT2D eigenvalue weighted by molar-refractivity contribution is 1.44. The van der Waals surface area contributed by atoms with Gasteiger partial charge in [0.05, 0.1) is 0 Å². The van der Waals surface area contributed by atoms with Crippen molar-refractivity contribution in [2.24, 2.45) is 0 Å². The highest BCUT2D eigenvalue weighted by atomic mass is 32.2. The van der Waals surface area contributed by atoms with Crippen LogP contribution >= 0.6 is 30.4 Å². The Hall–Kier alpha value is -2.71. The summed E-state index contributed by atoms with van der Waals surface area (Å²) < 4.78 is 1.29. The van der Waals surface area contributed by atoms with Gasteiger partial charge in [0.25, 0.3) is 0 Å². The lowest BCUT2D eigenvalue weighted by Crippen LogP contribution is -2.39. The van der Waals surface area contributed by atoms with Crippen molar-refractivity contribution in [1.82, 2.24) is 4.98 Å². The molecule has 1 nitrogen and oxygen atoms in total. The molecule has 0 amide bonds. The molecule has 0 radical (unpaired) electrons. The number of hydrogen-bond donors (Lipinski definition) is 0. The Morgan fingerprint density at radius 3 is 1.41 bits per heavy atom. The van der Waals surface area contributed by atoms with Gasteiger partial charge in [-0.2, -0.15) is 4.98 Å². The second-order valence-corrected chi connectivity index (χ2v) is 12.8. The molecule has 0 unspecified atom stereocenters. The van der Waals surface area contributed by atoms with E-state index in [2.05, 4.69) is 128 Å². The zero-order chi connectivity index (χ0) is 21.8. The molecule has 32 heavy (non-hydrogen) atoms. The minimum atomic E-state index is -2.18. The second kappa shape index (κ2) is 9.42. The van der Waals surface area contributed by atoms with Crippen molar-refractivity contribution in [3.05, 3.63) is 121 Å². The van der Waals surface area contributed by atoms with E-state index in [0.717, 1.165) is 5.01 Å². The number of aromatic nitrogens is 1. The molecule has 0 aliphatic carbocycles. The van der Waals surface area contributed by atoms with Crippen LogP contribution in [0.1, 0.15) is 0 Å². The van der Waals surface area contributed by atoms with Gasteiger partial charge in [-0.1, -0.05) is 84.9 Å². The van der Waals surface area contributed by atoms with Gasteiger partial charge in [0.2, 0.25) is 5.44 Å². The molecule has 0 bridgehead atoms. The van der Waals surface area contributed by atoms with E-state index >= 15 is 0 Å². The molecule has 0 aliphatic heterocycles. The molecule has 156 valence electrons. The van der Waals surface area contributed by atoms with Crippen LogP contribution in [0.15, 0.2) is 126 Å². The molecule has 0 fully saturated rings. The summed E-state index contributed by atoms with van der Waals surface area (Å²) in [6.45, 7) is 0. The summed E-state index contributed by atoms with van der Waals surface area (Å²) in [6, 6.07) is 43.4. The van der Waals surface area contributed by atoms with Crippen LogP contribution in [0.25, 0.3) is 10.6 Å². The van der Waals surface area contributed by atoms with Crippen LogP contribution < -0.4 is 21.3 Å². The first-order valence-corrected chi connectivity index (χ1v) is 14.3. The van der Waals surface area contributed by atoms with Gasteiger partial charge in [0.1, 0.15) is 25.1 Å². The Balaban J connectivity index is 1.89. The van der Waals surface area contributed by atoms with Crippen molar-refractivity contribution in [2.45, 2.75) is 4.21 Å². The third-order valence-corrected chi connectivity index (χ3v) is 12.2. The molecular formula is C28H23NPS2+. The van der Waals surface area contributed by atoms with Gasteiger partial charge in [-0.05, 0) is 42.7 Å². The minimum absolute atomic E-state index is 1.08. The predicted octanol–water partition coefficient (Wildman–Crippen LogP) is 6.15.